The van der Waals surface area contributed by atoms with Crippen LogP contribution in [0.3, 0.4) is 0 Å². The van der Waals surface area contributed by atoms with Gasteiger partial charge < -0.3 is 0 Å². The zero-order valence-electron chi connectivity index (χ0n) is 9.50. The Labute approximate surface area is 99.5 Å². The summed E-state index contributed by atoms with van der Waals surface area (Å²) in [6, 6.07) is 3.59. The molecule has 0 unspecified atom stereocenters. The van der Waals surface area contributed by atoms with Gasteiger partial charge in [-0.25, -0.2) is 23.1 Å². The van der Waals surface area contributed by atoms with Gasteiger partial charge in [-0.1, -0.05) is 13.3 Å². The van der Waals surface area contributed by atoms with E-state index >= 15 is 0 Å². The molecule has 0 saturated carbocycles. The summed E-state index contributed by atoms with van der Waals surface area (Å²) < 4.78 is 23.9. The van der Waals surface area contributed by atoms with Crippen LogP contribution in [-0.2, 0) is 16.4 Å². The van der Waals surface area contributed by atoms with Crippen LogP contribution >= 0.6 is 0 Å². The van der Waals surface area contributed by atoms with E-state index in [9.17, 15) is 8.42 Å². The normalized spacial score (nSPS) is 12.1. The van der Waals surface area contributed by atoms with Crippen LogP contribution in [0.2, 0.25) is 0 Å². The quantitative estimate of drug-likeness (QED) is 0.870. The second-order valence-electron chi connectivity index (χ2n) is 3.84. The van der Waals surface area contributed by atoms with Crippen molar-refractivity contribution in [3.05, 3.63) is 24.0 Å². The number of aromatic nitrogens is 3. The first-order valence-corrected chi connectivity index (χ1v) is 6.93. The van der Waals surface area contributed by atoms with Crippen molar-refractivity contribution in [3.8, 4) is 0 Å². The molecule has 0 atom stereocenters. The van der Waals surface area contributed by atoms with E-state index in [-0.39, 0.29) is 5.03 Å². The van der Waals surface area contributed by atoms with Gasteiger partial charge in [-0.2, -0.15) is 5.10 Å². The molecule has 7 heteroatoms. The summed E-state index contributed by atoms with van der Waals surface area (Å²) in [6.07, 6.45) is 4.11. The van der Waals surface area contributed by atoms with Crippen molar-refractivity contribution in [1.29, 1.82) is 0 Å². The molecule has 2 aromatic rings. The Morgan fingerprint density at radius 1 is 1.41 bits per heavy atom. The summed E-state index contributed by atoms with van der Waals surface area (Å²) in [6.45, 7) is 2.09. The Balaban J connectivity index is 2.51. The molecule has 6 nitrogen and oxygen atoms in total. The number of fused-ring (bicyclic) bond motifs is 1. The number of nitrogens with zero attached hydrogens (tertiary/aromatic N) is 3. The zero-order valence-corrected chi connectivity index (χ0v) is 10.3. The predicted octanol–water partition coefficient (Wildman–Crippen LogP) is 0.719. The lowest BCUT2D eigenvalue weighted by Crippen LogP contribution is -2.16. The fourth-order valence-corrected chi connectivity index (χ4v) is 2.15. The van der Waals surface area contributed by atoms with Gasteiger partial charge in [-0.05, 0) is 25.0 Å². The van der Waals surface area contributed by atoms with Crippen molar-refractivity contribution in [3.63, 3.8) is 0 Å². The maximum atomic E-state index is 11.3. The highest BCUT2D eigenvalue weighted by molar-refractivity contribution is 7.89. The van der Waals surface area contributed by atoms with E-state index in [2.05, 4.69) is 17.0 Å². The molecule has 2 heterocycles. The molecule has 92 valence electrons. The van der Waals surface area contributed by atoms with E-state index in [1.165, 1.54) is 10.7 Å². The number of primary sulfonamides is 1. The first kappa shape index (κ1) is 12.0. The lowest BCUT2D eigenvalue weighted by molar-refractivity contribution is 0.588. The number of nitrogens with two attached hydrogens (primary N) is 1. The summed E-state index contributed by atoms with van der Waals surface area (Å²) >= 11 is 0. The highest BCUT2D eigenvalue weighted by Crippen LogP contribution is 2.11. The summed E-state index contributed by atoms with van der Waals surface area (Å²) in [7, 11) is -3.79. The molecule has 0 spiro atoms. The number of aryl methyl sites for hydroxylation is 1. The van der Waals surface area contributed by atoms with Gasteiger partial charge in [0.15, 0.2) is 10.7 Å². The van der Waals surface area contributed by atoms with E-state index in [4.69, 9.17) is 5.14 Å². The number of imidazole rings is 1. The van der Waals surface area contributed by atoms with Crippen molar-refractivity contribution < 1.29 is 8.42 Å². The molecule has 2 rings (SSSR count). The SMILES string of the molecule is CCCCc1ccc2ncc(S(N)(=O)=O)n2n1. The van der Waals surface area contributed by atoms with Crippen molar-refractivity contribution in [1.82, 2.24) is 14.6 Å². The summed E-state index contributed by atoms with van der Waals surface area (Å²) in [5.41, 5.74) is 1.32. The minimum atomic E-state index is -3.79. The first-order valence-electron chi connectivity index (χ1n) is 5.39. The molecule has 0 bridgehead atoms. The van der Waals surface area contributed by atoms with Crippen LogP contribution in [0.15, 0.2) is 23.4 Å². The Bertz CT molecular complexity index is 633. The van der Waals surface area contributed by atoms with Gasteiger partial charge in [-0.15, -0.1) is 0 Å². The van der Waals surface area contributed by atoms with Gasteiger partial charge in [0.25, 0.3) is 10.0 Å². The molecule has 17 heavy (non-hydrogen) atoms. The highest BCUT2D eigenvalue weighted by atomic mass is 32.2. The average Bonchev–Trinajstić information content (AvgIpc) is 2.68. The topological polar surface area (TPSA) is 90.3 Å². The molecule has 0 aliphatic carbocycles. The number of rotatable bonds is 4. The Morgan fingerprint density at radius 2 is 2.18 bits per heavy atom. The van der Waals surface area contributed by atoms with E-state index < -0.39 is 10.0 Å². The second-order valence-corrected chi connectivity index (χ2v) is 5.35. The van der Waals surface area contributed by atoms with E-state index in [0.29, 0.717) is 5.65 Å². The Kier molecular flexibility index (Phi) is 3.12. The molecule has 2 aromatic heterocycles. The number of sulfonamides is 1. The lowest BCUT2D eigenvalue weighted by Gasteiger charge is -2.02. The minimum absolute atomic E-state index is 0.0779. The Morgan fingerprint density at radius 3 is 2.82 bits per heavy atom. The summed E-state index contributed by atoms with van der Waals surface area (Å²) in [5, 5.41) is 9.25. The van der Waals surface area contributed by atoms with Gasteiger partial charge >= 0.3 is 0 Å². The third kappa shape index (κ3) is 2.45. The van der Waals surface area contributed by atoms with Crippen molar-refractivity contribution in [2.75, 3.05) is 0 Å². The minimum Gasteiger partial charge on any atom is -0.234 e. The smallest absolute Gasteiger partial charge is 0.234 e. The highest BCUT2D eigenvalue weighted by Gasteiger charge is 2.15. The lowest BCUT2D eigenvalue weighted by atomic mass is 10.2. The predicted molar refractivity (Wildman–Crippen MR) is 63.0 cm³/mol. The van der Waals surface area contributed by atoms with E-state index in [0.717, 1.165) is 25.0 Å². The van der Waals surface area contributed by atoms with Gasteiger partial charge in [0.1, 0.15) is 0 Å². The van der Waals surface area contributed by atoms with Crippen LogP contribution in [0.5, 0.6) is 0 Å². The molecule has 0 saturated heterocycles. The molecule has 0 aliphatic rings. The summed E-state index contributed by atoms with van der Waals surface area (Å²) in [5.74, 6) is 0. The van der Waals surface area contributed by atoms with Crippen molar-refractivity contribution in [2.24, 2.45) is 5.14 Å². The van der Waals surface area contributed by atoms with Crippen LogP contribution in [0.1, 0.15) is 25.5 Å². The van der Waals surface area contributed by atoms with Crippen molar-refractivity contribution in [2.45, 2.75) is 31.2 Å². The van der Waals surface area contributed by atoms with E-state index in [1.54, 1.807) is 6.07 Å². The van der Waals surface area contributed by atoms with Gasteiger partial charge in [0.2, 0.25) is 0 Å². The van der Waals surface area contributed by atoms with Crippen LogP contribution < -0.4 is 5.14 Å². The first-order chi connectivity index (χ1) is 8.02. The van der Waals surface area contributed by atoms with Gasteiger partial charge in [0, 0.05) is 0 Å². The maximum Gasteiger partial charge on any atom is 0.257 e. The zero-order chi connectivity index (χ0) is 12.5. The maximum absolute atomic E-state index is 11.3. The summed E-state index contributed by atoms with van der Waals surface area (Å²) in [4.78, 5) is 3.95. The van der Waals surface area contributed by atoms with E-state index in [1.807, 2.05) is 6.07 Å². The fourth-order valence-electron chi connectivity index (χ4n) is 1.58. The average molecular weight is 254 g/mol. The molecule has 0 aromatic carbocycles. The molecule has 2 N–H and O–H groups in total. The third-order valence-corrected chi connectivity index (χ3v) is 3.33. The Hall–Kier alpha value is -1.47. The number of hydrogen-bond donors (Lipinski definition) is 1. The van der Waals surface area contributed by atoms with Crippen LogP contribution in [0, 0.1) is 0 Å². The second kappa shape index (κ2) is 4.42. The van der Waals surface area contributed by atoms with Crippen LogP contribution in [0.4, 0.5) is 0 Å². The van der Waals surface area contributed by atoms with Crippen molar-refractivity contribution >= 4 is 15.7 Å². The van der Waals surface area contributed by atoms with Gasteiger partial charge in [-0.3, -0.25) is 0 Å². The molecular formula is C10H14N4O2S. The molecule has 0 aliphatic heterocycles. The number of unbranched alkanes of at least 4 members (excludes halogenated alkanes) is 1. The standard InChI is InChI=1S/C10H14N4O2S/c1-2-3-4-8-5-6-9-12-7-10(14(9)13-8)17(11,15)16/h5-7H,2-4H2,1H3,(H2,11,15,16). The molecular weight excluding hydrogens is 240 g/mol. The number of hydrogen-bond acceptors (Lipinski definition) is 4. The fraction of sp³-hybridized carbons (Fsp3) is 0.400. The largest absolute Gasteiger partial charge is 0.257 e. The van der Waals surface area contributed by atoms with Crippen LogP contribution in [0.25, 0.3) is 5.65 Å². The molecule has 0 fully saturated rings. The van der Waals surface area contributed by atoms with Crippen LogP contribution in [-0.4, -0.2) is 23.0 Å². The molecule has 0 amide bonds. The monoisotopic (exact) mass is 254 g/mol. The van der Waals surface area contributed by atoms with Gasteiger partial charge in [0.05, 0.1) is 11.9 Å². The molecule has 0 radical (unpaired) electrons. The third-order valence-electron chi connectivity index (χ3n) is 2.46.